The van der Waals surface area contributed by atoms with Crippen molar-refractivity contribution in [3.05, 3.63) is 71.4 Å². The van der Waals surface area contributed by atoms with Gasteiger partial charge in [0.15, 0.2) is 0 Å². The van der Waals surface area contributed by atoms with Crippen molar-refractivity contribution in [2.75, 3.05) is 19.6 Å². The molecule has 0 aliphatic rings. The molecular formula is C22H25N3O2. The average Bonchev–Trinajstić information content (AvgIpc) is 3.07. The molecule has 0 radical (unpaired) electrons. The maximum atomic E-state index is 12.3. The molecule has 27 heavy (non-hydrogen) atoms. The molecule has 0 aliphatic heterocycles. The van der Waals surface area contributed by atoms with Crippen molar-refractivity contribution in [1.29, 1.82) is 0 Å². The van der Waals surface area contributed by atoms with Crippen molar-refractivity contribution in [3.8, 4) is 0 Å². The topological polar surface area (TPSA) is 65.2 Å². The Kier molecular flexibility index (Phi) is 5.91. The van der Waals surface area contributed by atoms with Crippen LogP contribution in [-0.2, 0) is 11.2 Å². The Morgan fingerprint density at radius 1 is 1.04 bits per heavy atom. The van der Waals surface area contributed by atoms with E-state index in [-0.39, 0.29) is 11.8 Å². The predicted octanol–water partition coefficient (Wildman–Crippen LogP) is 3.30. The van der Waals surface area contributed by atoms with Gasteiger partial charge in [0.25, 0.3) is 5.91 Å². The van der Waals surface area contributed by atoms with E-state index < -0.39 is 0 Å². The van der Waals surface area contributed by atoms with Crippen LogP contribution in [0.3, 0.4) is 0 Å². The summed E-state index contributed by atoms with van der Waals surface area (Å²) in [6.07, 6.45) is 2.78. The van der Waals surface area contributed by atoms with E-state index in [4.69, 9.17) is 0 Å². The summed E-state index contributed by atoms with van der Waals surface area (Å²) in [5, 5.41) is 4.10. The number of fused-ring (bicyclic) bond motifs is 1. The van der Waals surface area contributed by atoms with Crippen molar-refractivity contribution in [2.45, 2.75) is 20.3 Å². The fraction of sp³-hybridized carbons (Fsp3) is 0.273. The number of hydrogen-bond donors (Lipinski definition) is 2. The van der Waals surface area contributed by atoms with E-state index in [2.05, 4.69) is 16.4 Å². The molecule has 2 N–H and O–H groups in total. The predicted molar refractivity (Wildman–Crippen MR) is 108 cm³/mol. The first-order valence-corrected chi connectivity index (χ1v) is 9.20. The van der Waals surface area contributed by atoms with Crippen molar-refractivity contribution in [1.82, 2.24) is 15.2 Å². The average molecular weight is 363 g/mol. The Bertz CT molecular complexity index is 945. The van der Waals surface area contributed by atoms with E-state index in [1.54, 1.807) is 11.8 Å². The second kappa shape index (κ2) is 8.54. The third-order valence-corrected chi connectivity index (χ3v) is 4.83. The van der Waals surface area contributed by atoms with Gasteiger partial charge >= 0.3 is 0 Å². The van der Waals surface area contributed by atoms with Crippen LogP contribution in [0.1, 0.15) is 28.4 Å². The molecule has 0 bridgehead atoms. The highest BCUT2D eigenvalue weighted by Gasteiger charge is 2.12. The molecule has 1 aromatic heterocycles. The molecule has 140 valence electrons. The first kappa shape index (κ1) is 18.7. The highest BCUT2D eigenvalue weighted by atomic mass is 16.2. The molecule has 0 saturated heterocycles. The lowest BCUT2D eigenvalue weighted by Gasteiger charge is -2.21. The van der Waals surface area contributed by atoms with E-state index >= 15 is 0 Å². The van der Waals surface area contributed by atoms with Gasteiger partial charge in [-0.1, -0.05) is 36.4 Å². The molecule has 0 unspecified atom stereocenters. The summed E-state index contributed by atoms with van der Waals surface area (Å²) in [7, 11) is 0. The number of aromatic amines is 1. The molecule has 2 amide bonds. The number of aromatic nitrogens is 1. The molecule has 3 aromatic rings. The maximum Gasteiger partial charge on any atom is 0.251 e. The number of H-pyrrole nitrogens is 1. The summed E-state index contributed by atoms with van der Waals surface area (Å²) in [6, 6.07) is 15.6. The van der Waals surface area contributed by atoms with E-state index in [0.29, 0.717) is 25.2 Å². The fourth-order valence-electron chi connectivity index (χ4n) is 3.25. The summed E-state index contributed by atoms with van der Waals surface area (Å²) in [5.41, 5.74) is 3.91. The molecule has 2 aromatic carbocycles. The van der Waals surface area contributed by atoms with E-state index in [9.17, 15) is 9.59 Å². The van der Waals surface area contributed by atoms with Crippen LogP contribution in [0.5, 0.6) is 0 Å². The lowest BCUT2D eigenvalue weighted by molar-refractivity contribution is -0.128. The van der Waals surface area contributed by atoms with Crippen molar-refractivity contribution < 1.29 is 9.59 Å². The largest absolute Gasteiger partial charge is 0.361 e. The zero-order valence-corrected chi connectivity index (χ0v) is 15.8. The standard InChI is InChI=1S/C22H25N3O2/c1-16-7-3-4-8-19(16)22(27)23-12-14-25(17(2)26)13-11-18-15-24-21-10-6-5-9-20(18)21/h3-10,15,24H,11-14H2,1-2H3,(H,23,27). The maximum absolute atomic E-state index is 12.3. The third-order valence-electron chi connectivity index (χ3n) is 4.83. The SMILES string of the molecule is CC(=O)N(CCNC(=O)c1ccccc1C)CCc1c[nH]c2ccccc12. The summed E-state index contributed by atoms with van der Waals surface area (Å²) < 4.78 is 0. The number of aryl methyl sites for hydroxylation is 1. The number of benzene rings is 2. The second-order valence-electron chi connectivity index (χ2n) is 6.69. The molecule has 0 aliphatic carbocycles. The van der Waals surface area contributed by atoms with Gasteiger partial charge in [0.05, 0.1) is 0 Å². The van der Waals surface area contributed by atoms with Crippen LogP contribution in [0, 0.1) is 6.92 Å². The summed E-state index contributed by atoms with van der Waals surface area (Å²) in [6.45, 7) is 5.03. The lowest BCUT2D eigenvalue weighted by Crippen LogP contribution is -2.38. The van der Waals surface area contributed by atoms with Gasteiger partial charge in [-0.3, -0.25) is 9.59 Å². The zero-order chi connectivity index (χ0) is 19.2. The first-order chi connectivity index (χ1) is 13.1. The Morgan fingerprint density at radius 3 is 2.56 bits per heavy atom. The van der Waals surface area contributed by atoms with Gasteiger partial charge in [-0.15, -0.1) is 0 Å². The number of hydrogen-bond acceptors (Lipinski definition) is 2. The molecule has 5 nitrogen and oxygen atoms in total. The Balaban J connectivity index is 1.54. The normalized spacial score (nSPS) is 10.7. The third kappa shape index (κ3) is 4.56. The molecule has 0 spiro atoms. The number of para-hydroxylation sites is 1. The molecule has 1 heterocycles. The van der Waals surface area contributed by atoms with Gasteiger partial charge in [0.2, 0.25) is 5.91 Å². The van der Waals surface area contributed by atoms with Crippen LogP contribution in [-0.4, -0.2) is 41.3 Å². The zero-order valence-electron chi connectivity index (χ0n) is 15.8. The van der Waals surface area contributed by atoms with Crippen molar-refractivity contribution >= 4 is 22.7 Å². The van der Waals surface area contributed by atoms with E-state index in [0.717, 1.165) is 17.5 Å². The van der Waals surface area contributed by atoms with Gasteiger partial charge < -0.3 is 15.2 Å². The molecule has 0 atom stereocenters. The number of nitrogens with zero attached hydrogens (tertiary/aromatic N) is 1. The Hall–Kier alpha value is -3.08. The Morgan fingerprint density at radius 2 is 1.78 bits per heavy atom. The summed E-state index contributed by atoms with van der Waals surface area (Å²) in [5.74, 6) is -0.0896. The minimum absolute atomic E-state index is 0.0139. The van der Waals surface area contributed by atoms with Crippen LogP contribution in [0.25, 0.3) is 10.9 Å². The van der Waals surface area contributed by atoms with Crippen LogP contribution in [0.2, 0.25) is 0 Å². The first-order valence-electron chi connectivity index (χ1n) is 9.20. The van der Waals surface area contributed by atoms with Crippen LogP contribution in [0.15, 0.2) is 54.7 Å². The number of carbonyl (C=O) groups is 2. The van der Waals surface area contributed by atoms with Crippen molar-refractivity contribution in [3.63, 3.8) is 0 Å². The monoisotopic (exact) mass is 363 g/mol. The molecular weight excluding hydrogens is 338 g/mol. The molecule has 3 rings (SSSR count). The van der Waals surface area contributed by atoms with Gasteiger partial charge in [-0.05, 0) is 36.6 Å². The molecule has 0 fully saturated rings. The van der Waals surface area contributed by atoms with E-state index in [1.165, 1.54) is 10.9 Å². The van der Waals surface area contributed by atoms with Gasteiger partial charge in [-0.25, -0.2) is 0 Å². The smallest absolute Gasteiger partial charge is 0.251 e. The van der Waals surface area contributed by atoms with Crippen LogP contribution >= 0.6 is 0 Å². The number of rotatable bonds is 7. The van der Waals surface area contributed by atoms with Crippen LogP contribution in [0.4, 0.5) is 0 Å². The van der Waals surface area contributed by atoms with Gasteiger partial charge in [0.1, 0.15) is 0 Å². The quantitative estimate of drug-likeness (QED) is 0.676. The minimum atomic E-state index is -0.103. The van der Waals surface area contributed by atoms with E-state index in [1.807, 2.05) is 55.6 Å². The highest BCUT2D eigenvalue weighted by molar-refractivity contribution is 5.95. The van der Waals surface area contributed by atoms with Gasteiger partial charge in [0, 0.05) is 49.2 Å². The second-order valence-corrected chi connectivity index (χ2v) is 6.69. The fourth-order valence-corrected chi connectivity index (χ4v) is 3.25. The number of carbonyl (C=O) groups excluding carboxylic acids is 2. The molecule has 0 saturated carbocycles. The minimum Gasteiger partial charge on any atom is -0.361 e. The summed E-state index contributed by atoms with van der Waals surface area (Å²) >= 11 is 0. The Labute approximate surface area is 159 Å². The molecule has 5 heteroatoms. The summed E-state index contributed by atoms with van der Waals surface area (Å²) in [4.78, 5) is 29.3. The van der Waals surface area contributed by atoms with Gasteiger partial charge in [-0.2, -0.15) is 0 Å². The van der Waals surface area contributed by atoms with Crippen molar-refractivity contribution in [2.24, 2.45) is 0 Å². The van der Waals surface area contributed by atoms with Crippen LogP contribution < -0.4 is 5.32 Å². The number of amides is 2. The highest BCUT2D eigenvalue weighted by Crippen LogP contribution is 2.18. The lowest BCUT2D eigenvalue weighted by atomic mass is 10.1. The number of nitrogens with one attached hydrogen (secondary N) is 2.